The maximum atomic E-state index is 12.6. The Bertz CT molecular complexity index is 1030. The van der Waals surface area contributed by atoms with Gasteiger partial charge in [-0.2, -0.15) is 0 Å². The lowest BCUT2D eigenvalue weighted by atomic mass is 9.97. The van der Waals surface area contributed by atoms with E-state index < -0.39 is 0 Å². The highest BCUT2D eigenvalue weighted by atomic mass is 32.1. The molecular weight excluding hydrogens is 406 g/mol. The number of benzene rings is 2. The first-order valence-corrected chi connectivity index (χ1v) is 11.2. The molecule has 0 radical (unpaired) electrons. The fraction of sp³-hybridized carbons (Fsp3) is 0.240. The molecule has 0 saturated heterocycles. The highest BCUT2D eigenvalue weighted by Crippen LogP contribution is 2.29. The molecule has 0 aliphatic heterocycles. The maximum absolute atomic E-state index is 12.6. The van der Waals surface area contributed by atoms with Gasteiger partial charge in [-0.05, 0) is 36.1 Å². The summed E-state index contributed by atoms with van der Waals surface area (Å²) in [5, 5.41) is 5.50. The molecule has 3 rings (SSSR count). The molecule has 1 atom stereocenters. The van der Waals surface area contributed by atoms with Gasteiger partial charge in [0, 0.05) is 18.4 Å². The topological polar surface area (TPSA) is 62.3 Å². The predicted molar refractivity (Wildman–Crippen MR) is 127 cm³/mol. The van der Waals surface area contributed by atoms with Gasteiger partial charge >= 0.3 is 0 Å². The Kier molecular flexibility index (Phi) is 7.73. The van der Waals surface area contributed by atoms with Crippen molar-refractivity contribution in [3.8, 4) is 0 Å². The summed E-state index contributed by atoms with van der Waals surface area (Å²) in [7, 11) is 0. The smallest absolute Gasteiger partial charge is 0.244 e. The molecule has 1 N–H and O–H groups in total. The number of amides is 2. The summed E-state index contributed by atoms with van der Waals surface area (Å²) in [5.74, 6) is 0.162. The van der Waals surface area contributed by atoms with E-state index in [1.807, 2.05) is 66.0 Å². The molecule has 1 unspecified atom stereocenters. The number of nitrogens with zero attached hydrogens (tertiary/aromatic N) is 2. The molecule has 31 heavy (non-hydrogen) atoms. The van der Waals surface area contributed by atoms with Gasteiger partial charge in [0.2, 0.25) is 11.8 Å². The number of anilines is 2. The molecule has 0 spiro atoms. The Morgan fingerprint density at radius 1 is 1.06 bits per heavy atom. The van der Waals surface area contributed by atoms with Crippen LogP contribution in [0.4, 0.5) is 10.8 Å². The van der Waals surface area contributed by atoms with Crippen LogP contribution in [0.5, 0.6) is 0 Å². The number of carbonyl (C=O) groups is 2. The summed E-state index contributed by atoms with van der Waals surface area (Å²) >= 11 is 1.36. The van der Waals surface area contributed by atoms with Crippen LogP contribution in [0.1, 0.15) is 44.5 Å². The van der Waals surface area contributed by atoms with E-state index in [2.05, 4.69) is 24.1 Å². The van der Waals surface area contributed by atoms with E-state index in [-0.39, 0.29) is 17.9 Å². The van der Waals surface area contributed by atoms with Crippen molar-refractivity contribution in [3.05, 3.63) is 83.4 Å². The number of carbonyl (C=O) groups excluding carboxylic acids is 2. The zero-order valence-corrected chi connectivity index (χ0v) is 18.8. The molecule has 0 aliphatic carbocycles. The van der Waals surface area contributed by atoms with Crippen LogP contribution in [0.15, 0.2) is 72.1 Å². The summed E-state index contributed by atoms with van der Waals surface area (Å²) < 4.78 is 0. The van der Waals surface area contributed by atoms with Crippen LogP contribution < -0.4 is 10.2 Å². The SMILES string of the molecule is CC(=O)N(c1ccccc1)c1nc(/C=C/C(=O)NC(CC(C)C)c2ccccc2)cs1. The van der Waals surface area contributed by atoms with E-state index in [0.29, 0.717) is 16.7 Å². The first-order valence-electron chi connectivity index (χ1n) is 10.3. The van der Waals surface area contributed by atoms with E-state index in [4.69, 9.17) is 0 Å². The zero-order valence-electron chi connectivity index (χ0n) is 18.0. The zero-order chi connectivity index (χ0) is 22.2. The lowest BCUT2D eigenvalue weighted by molar-refractivity contribution is -0.117. The average Bonchev–Trinajstić information content (AvgIpc) is 3.21. The monoisotopic (exact) mass is 433 g/mol. The molecule has 1 aromatic heterocycles. The molecule has 1 heterocycles. The van der Waals surface area contributed by atoms with E-state index in [1.165, 1.54) is 24.3 Å². The summed E-state index contributed by atoms with van der Waals surface area (Å²) in [6, 6.07) is 19.3. The Morgan fingerprint density at radius 3 is 2.32 bits per heavy atom. The van der Waals surface area contributed by atoms with Crippen molar-refractivity contribution in [1.82, 2.24) is 10.3 Å². The predicted octanol–water partition coefficient (Wildman–Crippen LogP) is 5.74. The molecule has 2 aromatic carbocycles. The number of hydrogen-bond acceptors (Lipinski definition) is 4. The molecule has 0 fully saturated rings. The summed E-state index contributed by atoms with van der Waals surface area (Å²) in [6.07, 6.45) is 4.03. The fourth-order valence-corrected chi connectivity index (χ4v) is 4.13. The first-order chi connectivity index (χ1) is 14.9. The van der Waals surface area contributed by atoms with Crippen molar-refractivity contribution in [1.29, 1.82) is 0 Å². The molecule has 6 heteroatoms. The van der Waals surface area contributed by atoms with Gasteiger partial charge in [0.1, 0.15) is 0 Å². The van der Waals surface area contributed by atoms with Gasteiger partial charge < -0.3 is 5.32 Å². The molecule has 3 aromatic rings. The second-order valence-corrected chi connectivity index (χ2v) is 8.52. The number of thiazole rings is 1. The van der Waals surface area contributed by atoms with Gasteiger partial charge in [-0.3, -0.25) is 14.5 Å². The summed E-state index contributed by atoms with van der Waals surface area (Å²) in [6.45, 7) is 5.79. The van der Waals surface area contributed by atoms with Crippen molar-refractivity contribution in [2.24, 2.45) is 5.92 Å². The minimum absolute atomic E-state index is 0.0457. The van der Waals surface area contributed by atoms with E-state index in [0.717, 1.165) is 17.7 Å². The second kappa shape index (κ2) is 10.7. The highest BCUT2D eigenvalue weighted by Gasteiger charge is 2.18. The molecular formula is C25H27N3O2S. The Hall–Kier alpha value is -3.25. The van der Waals surface area contributed by atoms with Crippen LogP contribution in [0, 0.1) is 5.92 Å². The largest absolute Gasteiger partial charge is 0.346 e. The quantitative estimate of drug-likeness (QED) is 0.461. The van der Waals surface area contributed by atoms with Gasteiger partial charge in [0.25, 0.3) is 0 Å². The van der Waals surface area contributed by atoms with Crippen LogP contribution in [0.2, 0.25) is 0 Å². The van der Waals surface area contributed by atoms with Gasteiger partial charge in [-0.25, -0.2) is 4.98 Å². The van der Waals surface area contributed by atoms with Crippen molar-refractivity contribution < 1.29 is 9.59 Å². The first kappa shape index (κ1) is 22.4. The van der Waals surface area contributed by atoms with Crippen LogP contribution in [-0.4, -0.2) is 16.8 Å². The van der Waals surface area contributed by atoms with Crippen molar-refractivity contribution in [3.63, 3.8) is 0 Å². The second-order valence-electron chi connectivity index (χ2n) is 7.68. The van der Waals surface area contributed by atoms with Crippen molar-refractivity contribution >= 4 is 40.0 Å². The number of aromatic nitrogens is 1. The minimum Gasteiger partial charge on any atom is -0.346 e. The number of para-hydroxylation sites is 1. The molecule has 0 aliphatic rings. The number of hydrogen-bond donors (Lipinski definition) is 1. The van der Waals surface area contributed by atoms with Crippen LogP contribution in [-0.2, 0) is 9.59 Å². The molecule has 0 saturated carbocycles. The Morgan fingerprint density at radius 2 is 1.71 bits per heavy atom. The summed E-state index contributed by atoms with van der Waals surface area (Å²) in [5.41, 5.74) is 2.49. The van der Waals surface area contributed by atoms with Gasteiger partial charge in [-0.1, -0.05) is 62.4 Å². The van der Waals surface area contributed by atoms with E-state index in [1.54, 1.807) is 11.0 Å². The lowest BCUT2D eigenvalue weighted by Gasteiger charge is -2.20. The van der Waals surface area contributed by atoms with Crippen molar-refractivity contribution in [2.45, 2.75) is 33.2 Å². The molecule has 5 nitrogen and oxygen atoms in total. The minimum atomic E-state index is -0.171. The average molecular weight is 434 g/mol. The normalized spacial score (nSPS) is 12.1. The highest BCUT2D eigenvalue weighted by molar-refractivity contribution is 7.14. The molecule has 0 bridgehead atoms. The van der Waals surface area contributed by atoms with E-state index in [9.17, 15) is 9.59 Å². The van der Waals surface area contributed by atoms with Gasteiger partial charge in [-0.15, -0.1) is 11.3 Å². The van der Waals surface area contributed by atoms with Crippen molar-refractivity contribution in [2.75, 3.05) is 4.90 Å². The lowest BCUT2D eigenvalue weighted by Crippen LogP contribution is -2.27. The van der Waals surface area contributed by atoms with Gasteiger partial charge in [0.05, 0.1) is 17.4 Å². The van der Waals surface area contributed by atoms with E-state index >= 15 is 0 Å². The van der Waals surface area contributed by atoms with Crippen LogP contribution >= 0.6 is 11.3 Å². The third-order valence-corrected chi connectivity index (χ3v) is 5.51. The third kappa shape index (κ3) is 6.36. The standard InChI is InChI=1S/C25H27N3O2S/c1-18(2)16-23(20-10-6-4-7-11-20)27-24(30)15-14-21-17-31-25(26-21)28(19(3)29)22-12-8-5-9-13-22/h4-15,17-18,23H,16H2,1-3H3,(H,27,30)/b15-14+. The maximum Gasteiger partial charge on any atom is 0.244 e. The Labute approximate surface area is 187 Å². The fourth-order valence-electron chi connectivity index (χ4n) is 3.28. The third-order valence-electron chi connectivity index (χ3n) is 4.66. The van der Waals surface area contributed by atoms with Crippen LogP contribution in [0.25, 0.3) is 6.08 Å². The Balaban J connectivity index is 1.71. The molecule has 2 amide bonds. The number of nitrogens with one attached hydrogen (secondary N) is 1. The van der Waals surface area contributed by atoms with Crippen LogP contribution in [0.3, 0.4) is 0 Å². The summed E-state index contributed by atoms with van der Waals surface area (Å²) in [4.78, 5) is 30.8. The number of rotatable bonds is 8. The molecule has 160 valence electrons. The van der Waals surface area contributed by atoms with Gasteiger partial charge in [0.15, 0.2) is 5.13 Å².